The van der Waals surface area contributed by atoms with E-state index in [2.05, 4.69) is 25.3 Å². The summed E-state index contributed by atoms with van der Waals surface area (Å²) in [5.74, 6) is 0.00217. The number of aliphatic imine (C=N–C) groups is 1. The number of hydrogen-bond acceptors (Lipinski definition) is 6. The second-order valence-corrected chi connectivity index (χ2v) is 7.33. The van der Waals surface area contributed by atoms with Gasteiger partial charge in [0.1, 0.15) is 16.5 Å². The number of thioether (sulfide) groups is 1. The zero-order valence-electron chi connectivity index (χ0n) is 15.8. The fourth-order valence-electron chi connectivity index (χ4n) is 2.84. The molecule has 0 saturated heterocycles. The first-order valence-corrected chi connectivity index (χ1v) is 10.0. The monoisotopic (exact) mass is 444 g/mol. The van der Waals surface area contributed by atoms with Crippen LogP contribution in [0.15, 0.2) is 71.9 Å². The molecule has 2 aromatic carbocycles. The summed E-state index contributed by atoms with van der Waals surface area (Å²) >= 11 is 1.25. The molecule has 2 N–H and O–H groups in total. The van der Waals surface area contributed by atoms with Crippen LogP contribution in [0.3, 0.4) is 0 Å². The SMILES string of the molecule is O=C(CSC1=Nc2cccnc2Nc2ccccc21)Nc1ccc(OC(F)(F)F)cc1. The van der Waals surface area contributed by atoms with Crippen molar-refractivity contribution in [3.63, 3.8) is 0 Å². The van der Waals surface area contributed by atoms with Gasteiger partial charge in [0.05, 0.1) is 5.75 Å². The van der Waals surface area contributed by atoms with Gasteiger partial charge in [-0.05, 0) is 42.5 Å². The lowest BCUT2D eigenvalue weighted by Crippen LogP contribution is -2.17. The molecule has 1 amide bonds. The van der Waals surface area contributed by atoms with Crippen molar-refractivity contribution in [1.29, 1.82) is 0 Å². The highest BCUT2D eigenvalue weighted by atomic mass is 32.2. The number of para-hydroxylation sites is 1. The molecular formula is C21H15F3N4O2S. The molecule has 0 saturated carbocycles. The molecule has 158 valence electrons. The molecule has 1 aliphatic heterocycles. The molecule has 0 radical (unpaired) electrons. The number of pyridine rings is 1. The van der Waals surface area contributed by atoms with Crippen molar-refractivity contribution in [2.45, 2.75) is 6.36 Å². The first kappa shape index (κ1) is 20.7. The third-order valence-corrected chi connectivity index (χ3v) is 5.12. The number of nitrogens with one attached hydrogen (secondary N) is 2. The van der Waals surface area contributed by atoms with Crippen molar-refractivity contribution in [3.8, 4) is 5.75 Å². The Hall–Kier alpha value is -3.53. The highest BCUT2D eigenvalue weighted by molar-refractivity contribution is 8.15. The Balaban J connectivity index is 1.45. The Kier molecular flexibility index (Phi) is 5.81. The van der Waals surface area contributed by atoms with Crippen LogP contribution in [0.4, 0.5) is 36.1 Å². The Morgan fingerprint density at radius 3 is 2.61 bits per heavy atom. The van der Waals surface area contributed by atoms with Crippen LogP contribution in [0, 0.1) is 0 Å². The molecule has 0 spiro atoms. The van der Waals surface area contributed by atoms with E-state index >= 15 is 0 Å². The predicted octanol–water partition coefficient (Wildman–Crippen LogP) is 5.49. The average molecular weight is 444 g/mol. The second kappa shape index (κ2) is 8.68. The number of benzene rings is 2. The van der Waals surface area contributed by atoms with E-state index in [1.54, 1.807) is 12.3 Å². The summed E-state index contributed by atoms with van der Waals surface area (Å²) in [4.78, 5) is 21.3. The minimum absolute atomic E-state index is 0.0591. The number of anilines is 3. The molecule has 6 nitrogen and oxygen atoms in total. The van der Waals surface area contributed by atoms with Gasteiger partial charge in [0.25, 0.3) is 0 Å². The molecule has 1 aliphatic rings. The minimum atomic E-state index is -4.76. The molecule has 0 bridgehead atoms. The van der Waals surface area contributed by atoms with Gasteiger partial charge >= 0.3 is 6.36 Å². The zero-order chi connectivity index (χ0) is 21.8. The number of alkyl halides is 3. The minimum Gasteiger partial charge on any atom is -0.406 e. The quantitative estimate of drug-likeness (QED) is 0.557. The standard InChI is InChI=1S/C21H15F3N4O2S/c22-21(23,24)30-14-9-7-13(8-10-14)26-18(29)12-31-20-15-4-1-2-5-16(15)27-19-17(28-20)6-3-11-25-19/h1-11H,12H2,(H,25,27)(H,26,29). The van der Waals surface area contributed by atoms with Crippen molar-refractivity contribution in [1.82, 2.24) is 4.98 Å². The summed E-state index contributed by atoms with van der Waals surface area (Å²) in [5, 5.41) is 6.55. The van der Waals surface area contributed by atoms with E-state index in [9.17, 15) is 18.0 Å². The summed E-state index contributed by atoms with van der Waals surface area (Å²) in [6.07, 6.45) is -3.10. The maximum absolute atomic E-state index is 12.4. The van der Waals surface area contributed by atoms with Crippen molar-refractivity contribution >= 4 is 45.6 Å². The second-order valence-electron chi connectivity index (χ2n) is 6.37. The van der Waals surface area contributed by atoms with Gasteiger partial charge in [-0.25, -0.2) is 9.98 Å². The summed E-state index contributed by atoms with van der Waals surface area (Å²) in [7, 11) is 0. The van der Waals surface area contributed by atoms with E-state index in [4.69, 9.17) is 0 Å². The van der Waals surface area contributed by atoms with Gasteiger partial charge in [0.15, 0.2) is 5.82 Å². The van der Waals surface area contributed by atoms with Gasteiger partial charge in [0, 0.05) is 23.1 Å². The molecule has 0 fully saturated rings. The lowest BCUT2D eigenvalue weighted by Gasteiger charge is -2.11. The molecule has 10 heteroatoms. The molecule has 0 unspecified atom stereocenters. The van der Waals surface area contributed by atoms with Crippen LogP contribution in [-0.4, -0.2) is 28.1 Å². The Bertz CT molecular complexity index is 1130. The van der Waals surface area contributed by atoms with Gasteiger partial charge in [-0.15, -0.1) is 13.2 Å². The number of hydrogen-bond donors (Lipinski definition) is 2. The number of amides is 1. The number of nitrogens with zero attached hydrogens (tertiary/aromatic N) is 2. The van der Waals surface area contributed by atoms with E-state index in [-0.39, 0.29) is 17.4 Å². The van der Waals surface area contributed by atoms with Crippen LogP contribution in [0.1, 0.15) is 5.56 Å². The first-order chi connectivity index (χ1) is 14.9. The molecule has 4 rings (SSSR count). The van der Waals surface area contributed by atoms with E-state index < -0.39 is 6.36 Å². The van der Waals surface area contributed by atoms with Crippen LogP contribution < -0.4 is 15.4 Å². The third-order valence-electron chi connectivity index (χ3n) is 4.13. The molecular weight excluding hydrogens is 429 g/mol. The van der Waals surface area contributed by atoms with E-state index in [1.807, 2.05) is 30.3 Å². The highest BCUT2D eigenvalue weighted by Crippen LogP contribution is 2.35. The van der Waals surface area contributed by atoms with Gasteiger partial charge in [-0.3, -0.25) is 4.79 Å². The first-order valence-electron chi connectivity index (χ1n) is 9.06. The van der Waals surface area contributed by atoms with E-state index in [0.717, 1.165) is 23.4 Å². The van der Waals surface area contributed by atoms with Crippen LogP contribution in [0.25, 0.3) is 0 Å². The maximum atomic E-state index is 12.4. The molecule has 2 heterocycles. The number of rotatable bonds is 4. The molecule has 31 heavy (non-hydrogen) atoms. The number of carbonyl (C=O) groups is 1. The average Bonchev–Trinajstić information content (AvgIpc) is 2.89. The largest absolute Gasteiger partial charge is 0.573 e. The summed E-state index contributed by atoms with van der Waals surface area (Å²) < 4.78 is 40.5. The number of carbonyl (C=O) groups excluding carboxylic acids is 1. The number of fused-ring (bicyclic) bond motifs is 2. The predicted molar refractivity (Wildman–Crippen MR) is 114 cm³/mol. The highest BCUT2D eigenvalue weighted by Gasteiger charge is 2.31. The maximum Gasteiger partial charge on any atom is 0.573 e. The topological polar surface area (TPSA) is 75.6 Å². The van der Waals surface area contributed by atoms with E-state index in [1.165, 1.54) is 23.9 Å². The van der Waals surface area contributed by atoms with Crippen molar-refractivity contribution in [2.24, 2.45) is 4.99 Å². The fourth-order valence-corrected chi connectivity index (χ4v) is 3.68. The van der Waals surface area contributed by atoms with Crippen LogP contribution in [0.2, 0.25) is 0 Å². The fraction of sp³-hybridized carbons (Fsp3) is 0.0952. The van der Waals surface area contributed by atoms with Gasteiger partial charge < -0.3 is 15.4 Å². The van der Waals surface area contributed by atoms with Gasteiger partial charge in [0.2, 0.25) is 5.91 Å². The van der Waals surface area contributed by atoms with Crippen LogP contribution >= 0.6 is 11.8 Å². The smallest absolute Gasteiger partial charge is 0.406 e. The molecule has 1 aromatic heterocycles. The zero-order valence-corrected chi connectivity index (χ0v) is 16.6. The number of halogens is 3. The Labute approximate surface area is 179 Å². The van der Waals surface area contributed by atoms with Crippen molar-refractivity contribution in [2.75, 3.05) is 16.4 Å². The number of aromatic nitrogens is 1. The third kappa shape index (κ3) is 5.34. The Morgan fingerprint density at radius 1 is 1.06 bits per heavy atom. The lowest BCUT2D eigenvalue weighted by molar-refractivity contribution is -0.274. The normalized spacial score (nSPS) is 12.5. The van der Waals surface area contributed by atoms with Gasteiger partial charge in [-0.1, -0.05) is 30.0 Å². The van der Waals surface area contributed by atoms with Gasteiger partial charge in [-0.2, -0.15) is 0 Å². The Morgan fingerprint density at radius 2 is 1.84 bits per heavy atom. The lowest BCUT2D eigenvalue weighted by atomic mass is 10.2. The van der Waals surface area contributed by atoms with E-state index in [0.29, 0.717) is 22.2 Å². The molecule has 0 atom stereocenters. The van der Waals surface area contributed by atoms with Crippen LogP contribution in [-0.2, 0) is 4.79 Å². The summed E-state index contributed by atoms with van der Waals surface area (Å²) in [5.41, 5.74) is 2.68. The summed E-state index contributed by atoms with van der Waals surface area (Å²) in [6, 6.07) is 16.1. The molecule has 3 aromatic rings. The van der Waals surface area contributed by atoms with Crippen LogP contribution in [0.5, 0.6) is 5.75 Å². The summed E-state index contributed by atoms with van der Waals surface area (Å²) in [6.45, 7) is 0. The molecule has 0 aliphatic carbocycles. The number of ether oxygens (including phenoxy) is 1. The van der Waals surface area contributed by atoms with Crippen molar-refractivity contribution in [3.05, 3.63) is 72.4 Å². The van der Waals surface area contributed by atoms with Crippen molar-refractivity contribution < 1.29 is 22.7 Å².